The van der Waals surface area contributed by atoms with Gasteiger partial charge in [-0.1, -0.05) is 0 Å². The van der Waals surface area contributed by atoms with Crippen LogP contribution in [-0.2, 0) is 0 Å². The molecule has 0 spiro atoms. The molecule has 0 aliphatic heterocycles. The number of fused-ring (bicyclic) bond motifs is 1. The highest BCUT2D eigenvalue weighted by molar-refractivity contribution is 5.79. The standard InChI is InChI=1S/C11H12O2/c1-3-12-10-5-4-9-6-8(2)13-11(9)7-10/h4-7H,3H2,1-2H3. The summed E-state index contributed by atoms with van der Waals surface area (Å²) in [6.07, 6.45) is 0. The zero-order chi connectivity index (χ0) is 9.26. The van der Waals surface area contributed by atoms with Crippen LogP contribution in [0.4, 0.5) is 0 Å². The zero-order valence-electron chi connectivity index (χ0n) is 7.83. The van der Waals surface area contributed by atoms with Gasteiger partial charge in [-0.25, -0.2) is 0 Å². The van der Waals surface area contributed by atoms with Crippen LogP contribution in [-0.4, -0.2) is 6.61 Å². The minimum atomic E-state index is 0.686. The van der Waals surface area contributed by atoms with Crippen LogP contribution in [0.5, 0.6) is 5.75 Å². The SMILES string of the molecule is CCOc1ccc2cc(C)oc2c1. The number of hydrogen-bond acceptors (Lipinski definition) is 2. The van der Waals surface area contributed by atoms with Crippen LogP contribution in [0, 0.1) is 6.92 Å². The summed E-state index contributed by atoms with van der Waals surface area (Å²) in [7, 11) is 0. The molecule has 1 heterocycles. The third-order valence-electron chi connectivity index (χ3n) is 1.93. The van der Waals surface area contributed by atoms with Gasteiger partial charge in [0.15, 0.2) is 0 Å². The normalized spacial score (nSPS) is 10.6. The first-order valence-corrected chi connectivity index (χ1v) is 4.42. The molecule has 0 saturated heterocycles. The Morgan fingerprint density at radius 1 is 1.31 bits per heavy atom. The largest absolute Gasteiger partial charge is 0.494 e. The molecule has 0 saturated carbocycles. The van der Waals surface area contributed by atoms with Crippen molar-refractivity contribution in [2.45, 2.75) is 13.8 Å². The van der Waals surface area contributed by atoms with Crippen molar-refractivity contribution in [3.63, 3.8) is 0 Å². The van der Waals surface area contributed by atoms with E-state index in [-0.39, 0.29) is 0 Å². The molecule has 68 valence electrons. The summed E-state index contributed by atoms with van der Waals surface area (Å²) >= 11 is 0. The minimum Gasteiger partial charge on any atom is -0.494 e. The van der Waals surface area contributed by atoms with Crippen molar-refractivity contribution in [3.05, 3.63) is 30.0 Å². The predicted octanol–water partition coefficient (Wildman–Crippen LogP) is 3.14. The van der Waals surface area contributed by atoms with Gasteiger partial charge >= 0.3 is 0 Å². The summed E-state index contributed by atoms with van der Waals surface area (Å²) in [5, 5.41) is 1.13. The first-order chi connectivity index (χ1) is 6.29. The lowest BCUT2D eigenvalue weighted by atomic mass is 10.2. The highest BCUT2D eigenvalue weighted by atomic mass is 16.5. The first-order valence-electron chi connectivity index (χ1n) is 4.42. The fourth-order valence-electron chi connectivity index (χ4n) is 1.40. The lowest BCUT2D eigenvalue weighted by molar-refractivity contribution is 0.340. The number of aryl methyl sites for hydroxylation is 1. The van der Waals surface area contributed by atoms with Gasteiger partial charge in [-0.15, -0.1) is 0 Å². The van der Waals surface area contributed by atoms with Gasteiger partial charge < -0.3 is 9.15 Å². The van der Waals surface area contributed by atoms with Crippen LogP contribution < -0.4 is 4.74 Å². The van der Waals surface area contributed by atoms with Crippen molar-refractivity contribution in [2.75, 3.05) is 6.61 Å². The molecule has 1 aromatic heterocycles. The Morgan fingerprint density at radius 3 is 2.92 bits per heavy atom. The summed E-state index contributed by atoms with van der Waals surface area (Å²) in [5.74, 6) is 1.80. The van der Waals surface area contributed by atoms with Crippen molar-refractivity contribution in [2.24, 2.45) is 0 Å². The van der Waals surface area contributed by atoms with Crippen molar-refractivity contribution in [1.29, 1.82) is 0 Å². The van der Waals surface area contributed by atoms with Crippen LogP contribution in [0.1, 0.15) is 12.7 Å². The van der Waals surface area contributed by atoms with Crippen LogP contribution in [0.25, 0.3) is 11.0 Å². The van der Waals surface area contributed by atoms with E-state index in [9.17, 15) is 0 Å². The molecule has 0 aliphatic rings. The Morgan fingerprint density at radius 2 is 2.15 bits per heavy atom. The van der Waals surface area contributed by atoms with Gasteiger partial charge in [0.1, 0.15) is 17.1 Å². The van der Waals surface area contributed by atoms with E-state index in [4.69, 9.17) is 9.15 Å². The zero-order valence-corrected chi connectivity index (χ0v) is 7.83. The molecule has 2 heteroatoms. The smallest absolute Gasteiger partial charge is 0.137 e. The Hall–Kier alpha value is -1.44. The second-order valence-electron chi connectivity index (χ2n) is 2.99. The minimum absolute atomic E-state index is 0.686. The van der Waals surface area contributed by atoms with E-state index < -0.39 is 0 Å². The molecule has 13 heavy (non-hydrogen) atoms. The van der Waals surface area contributed by atoms with Gasteiger partial charge in [0, 0.05) is 11.5 Å². The van der Waals surface area contributed by atoms with Crippen molar-refractivity contribution in [1.82, 2.24) is 0 Å². The van der Waals surface area contributed by atoms with Crippen LogP contribution in [0.2, 0.25) is 0 Å². The maximum Gasteiger partial charge on any atom is 0.137 e. The van der Waals surface area contributed by atoms with E-state index in [0.29, 0.717) is 6.61 Å². The van der Waals surface area contributed by atoms with Crippen molar-refractivity contribution >= 4 is 11.0 Å². The van der Waals surface area contributed by atoms with E-state index in [2.05, 4.69) is 0 Å². The van der Waals surface area contributed by atoms with E-state index in [1.165, 1.54) is 0 Å². The number of rotatable bonds is 2. The highest BCUT2D eigenvalue weighted by Gasteiger charge is 2.01. The molecule has 0 fully saturated rings. The summed E-state index contributed by atoms with van der Waals surface area (Å²) in [6.45, 7) is 4.60. The van der Waals surface area contributed by atoms with Crippen LogP contribution in [0.3, 0.4) is 0 Å². The molecule has 0 bridgehead atoms. The average Bonchev–Trinajstić information content (AvgIpc) is 2.44. The average molecular weight is 176 g/mol. The van der Waals surface area contributed by atoms with Gasteiger partial charge in [-0.2, -0.15) is 0 Å². The molecule has 0 unspecified atom stereocenters. The van der Waals surface area contributed by atoms with Gasteiger partial charge in [-0.05, 0) is 32.0 Å². The molecule has 1 aromatic carbocycles. The second kappa shape index (κ2) is 3.13. The third-order valence-corrected chi connectivity index (χ3v) is 1.93. The summed E-state index contributed by atoms with van der Waals surface area (Å²) < 4.78 is 10.8. The molecule has 0 aliphatic carbocycles. The fraction of sp³-hybridized carbons (Fsp3) is 0.273. The second-order valence-corrected chi connectivity index (χ2v) is 2.99. The summed E-state index contributed by atoms with van der Waals surface area (Å²) in [6, 6.07) is 7.91. The number of hydrogen-bond donors (Lipinski definition) is 0. The van der Waals surface area contributed by atoms with Gasteiger partial charge in [0.25, 0.3) is 0 Å². The van der Waals surface area contributed by atoms with Gasteiger partial charge in [-0.3, -0.25) is 0 Å². The van der Waals surface area contributed by atoms with E-state index in [0.717, 1.165) is 22.5 Å². The van der Waals surface area contributed by atoms with E-state index in [1.807, 2.05) is 38.1 Å². The third kappa shape index (κ3) is 1.52. The Bertz CT molecular complexity index is 415. The first kappa shape index (κ1) is 8.17. The molecule has 2 nitrogen and oxygen atoms in total. The summed E-state index contributed by atoms with van der Waals surface area (Å²) in [5.41, 5.74) is 0.892. The number of ether oxygens (including phenoxy) is 1. The lowest BCUT2D eigenvalue weighted by Crippen LogP contribution is -1.89. The predicted molar refractivity (Wildman–Crippen MR) is 52.1 cm³/mol. The van der Waals surface area contributed by atoms with Crippen LogP contribution in [0.15, 0.2) is 28.7 Å². The number of furan rings is 1. The number of benzene rings is 1. The molecule has 0 N–H and O–H groups in total. The molecule has 0 atom stereocenters. The maximum absolute atomic E-state index is 5.47. The quantitative estimate of drug-likeness (QED) is 0.701. The monoisotopic (exact) mass is 176 g/mol. The fourth-order valence-corrected chi connectivity index (χ4v) is 1.40. The maximum atomic E-state index is 5.47. The molecule has 0 radical (unpaired) electrons. The highest BCUT2D eigenvalue weighted by Crippen LogP contribution is 2.23. The van der Waals surface area contributed by atoms with Crippen molar-refractivity contribution in [3.8, 4) is 5.75 Å². The topological polar surface area (TPSA) is 22.4 Å². The molecule has 2 aromatic rings. The lowest BCUT2D eigenvalue weighted by Gasteiger charge is -2.00. The van der Waals surface area contributed by atoms with Gasteiger partial charge in [0.2, 0.25) is 0 Å². The molecular weight excluding hydrogens is 164 g/mol. The Balaban J connectivity index is 2.48. The van der Waals surface area contributed by atoms with Crippen LogP contribution >= 0.6 is 0 Å². The Labute approximate surface area is 77.1 Å². The Kier molecular flexibility index (Phi) is 1.97. The van der Waals surface area contributed by atoms with Crippen molar-refractivity contribution < 1.29 is 9.15 Å². The van der Waals surface area contributed by atoms with E-state index in [1.54, 1.807) is 0 Å². The summed E-state index contributed by atoms with van der Waals surface area (Å²) in [4.78, 5) is 0. The molecular formula is C11H12O2. The molecule has 0 amide bonds. The van der Waals surface area contributed by atoms with Gasteiger partial charge in [0.05, 0.1) is 6.61 Å². The van der Waals surface area contributed by atoms with E-state index >= 15 is 0 Å². The molecule has 2 rings (SSSR count).